The van der Waals surface area contributed by atoms with Gasteiger partial charge in [-0.05, 0) is 49.9 Å². The summed E-state index contributed by atoms with van der Waals surface area (Å²) in [5.74, 6) is 0.971. The Kier molecular flexibility index (Phi) is 4.51. The molecule has 0 aromatic heterocycles. The van der Waals surface area contributed by atoms with Crippen LogP contribution in [0.15, 0.2) is 24.3 Å². The standard InChI is InChI=1S/C17H21ClO3/c18-14-3-5-15(6-4-14)20-12-16(19)13-7-10-21-17(11-13)8-1-2-9-17/h3-6,13H,1-2,7-12H2. The van der Waals surface area contributed by atoms with Gasteiger partial charge in [0.1, 0.15) is 12.4 Å². The zero-order valence-corrected chi connectivity index (χ0v) is 12.9. The molecular weight excluding hydrogens is 288 g/mol. The van der Waals surface area contributed by atoms with Crippen molar-refractivity contribution in [3.05, 3.63) is 29.3 Å². The van der Waals surface area contributed by atoms with Crippen molar-refractivity contribution in [2.75, 3.05) is 13.2 Å². The summed E-state index contributed by atoms with van der Waals surface area (Å²) >= 11 is 5.83. The Balaban J connectivity index is 1.54. The van der Waals surface area contributed by atoms with Crippen molar-refractivity contribution in [3.63, 3.8) is 0 Å². The molecule has 0 N–H and O–H groups in total. The zero-order chi connectivity index (χ0) is 14.7. The lowest BCUT2D eigenvalue weighted by molar-refractivity contribution is -0.138. The van der Waals surface area contributed by atoms with Crippen molar-refractivity contribution in [1.29, 1.82) is 0 Å². The predicted octanol–water partition coefficient (Wildman–Crippen LogP) is 4.03. The van der Waals surface area contributed by atoms with Crippen LogP contribution in [0.25, 0.3) is 0 Å². The summed E-state index contributed by atoms with van der Waals surface area (Å²) < 4.78 is 11.6. The van der Waals surface area contributed by atoms with Gasteiger partial charge in [-0.25, -0.2) is 0 Å². The SMILES string of the molecule is O=C(COc1ccc(Cl)cc1)C1CCOC2(CCCC2)C1. The van der Waals surface area contributed by atoms with Gasteiger partial charge in [0.2, 0.25) is 0 Å². The van der Waals surface area contributed by atoms with Crippen LogP contribution in [0, 0.1) is 5.92 Å². The Bertz CT molecular complexity index is 491. The number of ether oxygens (including phenoxy) is 2. The normalized spacial score (nSPS) is 24.1. The first-order chi connectivity index (χ1) is 10.2. The molecule has 21 heavy (non-hydrogen) atoms. The summed E-state index contributed by atoms with van der Waals surface area (Å²) in [6.07, 6.45) is 6.36. The van der Waals surface area contributed by atoms with Gasteiger partial charge in [-0.1, -0.05) is 24.4 Å². The molecule has 1 aliphatic carbocycles. The summed E-state index contributed by atoms with van der Waals surface area (Å²) in [5.41, 5.74) is -0.0150. The lowest BCUT2D eigenvalue weighted by Crippen LogP contribution is -2.40. The van der Waals surface area contributed by atoms with Crippen molar-refractivity contribution in [1.82, 2.24) is 0 Å². The van der Waals surface area contributed by atoms with Crippen LogP contribution in [0.2, 0.25) is 5.02 Å². The highest BCUT2D eigenvalue weighted by Gasteiger charge is 2.41. The van der Waals surface area contributed by atoms with E-state index in [-0.39, 0.29) is 23.9 Å². The molecule has 1 aliphatic heterocycles. The van der Waals surface area contributed by atoms with Crippen molar-refractivity contribution in [2.45, 2.75) is 44.1 Å². The summed E-state index contributed by atoms with van der Waals surface area (Å²) in [5, 5.41) is 0.668. The van der Waals surface area contributed by atoms with Gasteiger partial charge >= 0.3 is 0 Å². The molecule has 1 saturated carbocycles. The van der Waals surface area contributed by atoms with Crippen LogP contribution in [0.1, 0.15) is 38.5 Å². The molecule has 1 unspecified atom stereocenters. The molecule has 0 bridgehead atoms. The summed E-state index contributed by atoms with van der Waals surface area (Å²) in [6.45, 7) is 0.847. The lowest BCUT2D eigenvalue weighted by atomic mass is 9.82. The quantitative estimate of drug-likeness (QED) is 0.842. The smallest absolute Gasteiger partial charge is 0.173 e. The first-order valence-electron chi connectivity index (χ1n) is 7.72. The van der Waals surface area contributed by atoms with E-state index in [1.54, 1.807) is 24.3 Å². The Morgan fingerprint density at radius 1 is 1.29 bits per heavy atom. The van der Waals surface area contributed by atoms with E-state index in [9.17, 15) is 4.79 Å². The molecule has 114 valence electrons. The third kappa shape index (κ3) is 3.58. The molecule has 0 amide bonds. The molecule has 0 radical (unpaired) electrons. The highest BCUT2D eigenvalue weighted by Crippen LogP contribution is 2.42. The average Bonchev–Trinajstić information content (AvgIpc) is 2.94. The van der Waals surface area contributed by atoms with E-state index >= 15 is 0 Å². The summed E-state index contributed by atoms with van der Waals surface area (Å²) in [7, 11) is 0. The molecule has 1 aromatic rings. The van der Waals surface area contributed by atoms with Gasteiger partial charge in [0.05, 0.1) is 5.60 Å². The Morgan fingerprint density at radius 2 is 2.00 bits per heavy atom. The lowest BCUT2D eigenvalue weighted by Gasteiger charge is -2.37. The van der Waals surface area contributed by atoms with Crippen LogP contribution in [0.5, 0.6) is 5.75 Å². The molecule has 1 aromatic carbocycles. The van der Waals surface area contributed by atoms with Gasteiger partial charge in [0, 0.05) is 17.5 Å². The summed E-state index contributed by atoms with van der Waals surface area (Å²) in [6, 6.07) is 7.11. The number of carbonyl (C=O) groups is 1. The summed E-state index contributed by atoms with van der Waals surface area (Å²) in [4.78, 5) is 12.4. The molecule has 1 atom stereocenters. The van der Waals surface area contributed by atoms with Gasteiger partial charge in [0.25, 0.3) is 0 Å². The van der Waals surface area contributed by atoms with Gasteiger partial charge in [-0.2, -0.15) is 0 Å². The number of hydrogen-bond donors (Lipinski definition) is 0. The Labute approximate surface area is 130 Å². The maximum Gasteiger partial charge on any atom is 0.173 e. The van der Waals surface area contributed by atoms with Crippen molar-refractivity contribution in [2.24, 2.45) is 5.92 Å². The first kappa shape index (κ1) is 14.9. The fourth-order valence-corrected chi connectivity index (χ4v) is 3.60. The maximum atomic E-state index is 12.4. The fraction of sp³-hybridized carbons (Fsp3) is 0.588. The van der Waals surface area contributed by atoms with E-state index < -0.39 is 0 Å². The number of carbonyl (C=O) groups excluding carboxylic acids is 1. The number of Topliss-reactive ketones (excluding diaryl/α,β-unsaturated/α-hetero) is 1. The van der Waals surface area contributed by atoms with Crippen molar-refractivity contribution >= 4 is 17.4 Å². The van der Waals surface area contributed by atoms with E-state index in [0.717, 1.165) is 25.7 Å². The van der Waals surface area contributed by atoms with Crippen LogP contribution in [-0.4, -0.2) is 24.6 Å². The monoisotopic (exact) mass is 308 g/mol. The molecule has 3 nitrogen and oxygen atoms in total. The molecular formula is C17H21ClO3. The Morgan fingerprint density at radius 3 is 2.71 bits per heavy atom. The highest BCUT2D eigenvalue weighted by molar-refractivity contribution is 6.30. The number of ketones is 1. The van der Waals surface area contributed by atoms with E-state index in [1.807, 2.05) is 0 Å². The predicted molar refractivity (Wildman–Crippen MR) is 81.8 cm³/mol. The second-order valence-electron chi connectivity index (χ2n) is 6.14. The van der Waals surface area contributed by atoms with Crippen molar-refractivity contribution in [3.8, 4) is 5.75 Å². The van der Waals surface area contributed by atoms with Crippen LogP contribution in [-0.2, 0) is 9.53 Å². The van der Waals surface area contributed by atoms with E-state index in [4.69, 9.17) is 21.1 Å². The molecule has 2 aliphatic rings. The van der Waals surface area contributed by atoms with Gasteiger partial charge in [0.15, 0.2) is 5.78 Å². The largest absolute Gasteiger partial charge is 0.486 e. The minimum absolute atomic E-state index is 0.0150. The minimum Gasteiger partial charge on any atom is -0.486 e. The molecule has 1 spiro atoms. The third-order valence-corrected chi connectivity index (χ3v) is 4.91. The van der Waals surface area contributed by atoms with Crippen LogP contribution < -0.4 is 4.74 Å². The molecule has 3 rings (SSSR count). The zero-order valence-electron chi connectivity index (χ0n) is 12.1. The highest BCUT2D eigenvalue weighted by atomic mass is 35.5. The topological polar surface area (TPSA) is 35.5 Å². The number of rotatable bonds is 4. The average molecular weight is 309 g/mol. The van der Waals surface area contributed by atoms with Gasteiger partial charge in [-0.15, -0.1) is 0 Å². The third-order valence-electron chi connectivity index (χ3n) is 4.66. The second kappa shape index (κ2) is 6.37. The Hall–Kier alpha value is -1.06. The fourth-order valence-electron chi connectivity index (χ4n) is 3.47. The molecule has 4 heteroatoms. The minimum atomic E-state index is -0.0150. The molecule has 1 saturated heterocycles. The van der Waals surface area contributed by atoms with Gasteiger partial charge < -0.3 is 9.47 Å². The number of benzene rings is 1. The molecule has 2 fully saturated rings. The number of halogens is 1. The molecule has 1 heterocycles. The van der Waals surface area contributed by atoms with Crippen LogP contribution >= 0.6 is 11.6 Å². The van der Waals surface area contributed by atoms with Crippen LogP contribution in [0.4, 0.5) is 0 Å². The number of hydrogen-bond acceptors (Lipinski definition) is 3. The maximum absolute atomic E-state index is 12.4. The van der Waals surface area contributed by atoms with Gasteiger partial charge in [-0.3, -0.25) is 4.79 Å². The van der Waals surface area contributed by atoms with E-state index in [1.165, 1.54) is 12.8 Å². The second-order valence-corrected chi connectivity index (χ2v) is 6.57. The first-order valence-corrected chi connectivity index (χ1v) is 8.10. The van der Waals surface area contributed by atoms with E-state index in [2.05, 4.69) is 0 Å². The van der Waals surface area contributed by atoms with Crippen LogP contribution in [0.3, 0.4) is 0 Å². The van der Waals surface area contributed by atoms with E-state index in [0.29, 0.717) is 17.4 Å². The van der Waals surface area contributed by atoms with Crippen molar-refractivity contribution < 1.29 is 14.3 Å².